The molecule has 0 radical (unpaired) electrons. The average Bonchev–Trinajstić information content (AvgIpc) is 2.19. The Morgan fingerprint density at radius 1 is 1.43 bits per heavy atom. The van der Waals surface area contributed by atoms with Crippen LogP contribution >= 0.6 is 15.9 Å². The summed E-state index contributed by atoms with van der Waals surface area (Å²) in [5, 5.41) is 3.33. The summed E-state index contributed by atoms with van der Waals surface area (Å²) in [4.78, 5) is 0. The van der Waals surface area contributed by atoms with Crippen LogP contribution in [0.15, 0.2) is 28.7 Å². The topological polar surface area (TPSA) is 21.3 Å². The first-order valence-corrected chi connectivity index (χ1v) is 5.77. The number of piperidine rings is 1. The highest BCUT2D eigenvalue weighted by atomic mass is 79.9. The zero-order valence-electron chi connectivity index (χ0n) is 8.00. The Morgan fingerprint density at radius 3 is 3.07 bits per heavy atom. The van der Waals surface area contributed by atoms with E-state index in [1.807, 2.05) is 24.3 Å². The summed E-state index contributed by atoms with van der Waals surface area (Å²) in [6.07, 6.45) is 2.69. The number of benzene rings is 1. The van der Waals surface area contributed by atoms with E-state index in [1.165, 1.54) is 6.42 Å². The fourth-order valence-electron chi connectivity index (χ4n) is 1.65. The molecule has 14 heavy (non-hydrogen) atoms. The average molecular weight is 256 g/mol. The van der Waals surface area contributed by atoms with Crippen molar-refractivity contribution in [3.05, 3.63) is 28.7 Å². The minimum absolute atomic E-state index is 0.332. The standard InChI is InChI=1S/C11H14BrNO/c12-9-3-1-4-10(7-9)14-11-5-2-6-13-8-11/h1,3-4,7,11,13H,2,5-6,8H2. The van der Waals surface area contributed by atoms with Gasteiger partial charge in [0.25, 0.3) is 0 Å². The molecule has 76 valence electrons. The Morgan fingerprint density at radius 2 is 2.36 bits per heavy atom. The first-order chi connectivity index (χ1) is 6.84. The molecule has 2 nitrogen and oxygen atoms in total. The predicted molar refractivity (Wildman–Crippen MR) is 60.7 cm³/mol. The molecule has 0 aliphatic carbocycles. The first kappa shape index (κ1) is 9.99. The van der Waals surface area contributed by atoms with E-state index in [0.29, 0.717) is 6.10 Å². The lowest BCUT2D eigenvalue weighted by atomic mass is 10.1. The molecule has 1 N–H and O–H groups in total. The van der Waals surface area contributed by atoms with E-state index in [0.717, 1.165) is 29.7 Å². The van der Waals surface area contributed by atoms with Crippen LogP contribution in [0.1, 0.15) is 12.8 Å². The van der Waals surface area contributed by atoms with Crippen molar-refractivity contribution in [3.8, 4) is 5.75 Å². The van der Waals surface area contributed by atoms with Crippen molar-refractivity contribution >= 4 is 15.9 Å². The van der Waals surface area contributed by atoms with E-state index >= 15 is 0 Å². The molecule has 3 heteroatoms. The molecule has 0 amide bonds. The first-order valence-electron chi connectivity index (χ1n) is 4.97. The lowest BCUT2D eigenvalue weighted by Gasteiger charge is -2.23. The van der Waals surface area contributed by atoms with Gasteiger partial charge in [0, 0.05) is 11.0 Å². The van der Waals surface area contributed by atoms with Crippen molar-refractivity contribution in [1.82, 2.24) is 5.32 Å². The highest BCUT2D eigenvalue weighted by Gasteiger charge is 2.13. The van der Waals surface area contributed by atoms with Gasteiger partial charge in [-0.05, 0) is 37.6 Å². The van der Waals surface area contributed by atoms with Gasteiger partial charge in [0.2, 0.25) is 0 Å². The maximum absolute atomic E-state index is 5.84. The van der Waals surface area contributed by atoms with Crippen molar-refractivity contribution in [2.45, 2.75) is 18.9 Å². The largest absolute Gasteiger partial charge is 0.489 e. The maximum Gasteiger partial charge on any atom is 0.120 e. The van der Waals surface area contributed by atoms with Gasteiger partial charge in [-0.15, -0.1) is 0 Å². The minimum Gasteiger partial charge on any atom is -0.489 e. The highest BCUT2D eigenvalue weighted by Crippen LogP contribution is 2.20. The molecule has 0 bridgehead atoms. The highest BCUT2D eigenvalue weighted by molar-refractivity contribution is 9.10. The molecule has 1 unspecified atom stereocenters. The van der Waals surface area contributed by atoms with Crippen LogP contribution in [-0.4, -0.2) is 19.2 Å². The predicted octanol–water partition coefficient (Wildman–Crippen LogP) is 2.58. The van der Waals surface area contributed by atoms with Gasteiger partial charge >= 0.3 is 0 Å². The fraction of sp³-hybridized carbons (Fsp3) is 0.455. The Kier molecular flexibility index (Phi) is 3.43. The third kappa shape index (κ3) is 2.72. The molecular formula is C11H14BrNO. The molecule has 1 fully saturated rings. The second kappa shape index (κ2) is 4.80. The monoisotopic (exact) mass is 255 g/mol. The molecule has 0 spiro atoms. The van der Waals surface area contributed by atoms with E-state index in [2.05, 4.69) is 21.2 Å². The van der Waals surface area contributed by atoms with Gasteiger partial charge in [-0.2, -0.15) is 0 Å². The van der Waals surface area contributed by atoms with Gasteiger partial charge in [-0.1, -0.05) is 22.0 Å². The summed E-state index contributed by atoms with van der Waals surface area (Å²) in [5.74, 6) is 0.952. The number of hydrogen-bond donors (Lipinski definition) is 1. The lowest BCUT2D eigenvalue weighted by Crippen LogP contribution is -2.37. The quantitative estimate of drug-likeness (QED) is 0.878. The molecule has 1 aromatic rings. The van der Waals surface area contributed by atoms with Gasteiger partial charge < -0.3 is 10.1 Å². The number of nitrogens with one attached hydrogen (secondary N) is 1. The molecular weight excluding hydrogens is 242 g/mol. The van der Waals surface area contributed by atoms with Crippen molar-refractivity contribution in [2.75, 3.05) is 13.1 Å². The van der Waals surface area contributed by atoms with Crippen molar-refractivity contribution < 1.29 is 4.74 Å². The Bertz CT molecular complexity index is 297. The second-order valence-electron chi connectivity index (χ2n) is 3.54. The van der Waals surface area contributed by atoms with Gasteiger partial charge in [-0.25, -0.2) is 0 Å². The van der Waals surface area contributed by atoms with Crippen LogP contribution in [0.25, 0.3) is 0 Å². The van der Waals surface area contributed by atoms with E-state index < -0.39 is 0 Å². The maximum atomic E-state index is 5.84. The zero-order valence-corrected chi connectivity index (χ0v) is 9.59. The van der Waals surface area contributed by atoms with Gasteiger partial charge in [0.05, 0.1) is 0 Å². The SMILES string of the molecule is Brc1cccc(OC2CCCNC2)c1. The zero-order chi connectivity index (χ0) is 9.80. The fourth-order valence-corrected chi connectivity index (χ4v) is 2.03. The van der Waals surface area contributed by atoms with Crippen molar-refractivity contribution in [1.29, 1.82) is 0 Å². The summed E-state index contributed by atoms with van der Waals surface area (Å²) in [7, 11) is 0. The van der Waals surface area contributed by atoms with Crippen molar-refractivity contribution in [2.24, 2.45) is 0 Å². The van der Waals surface area contributed by atoms with Crippen LogP contribution in [-0.2, 0) is 0 Å². The van der Waals surface area contributed by atoms with Gasteiger partial charge in [-0.3, -0.25) is 0 Å². The molecule has 1 atom stereocenters. The second-order valence-corrected chi connectivity index (χ2v) is 4.46. The summed E-state index contributed by atoms with van der Waals surface area (Å²) in [6.45, 7) is 2.09. The van der Waals surface area contributed by atoms with Crippen LogP contribution < -0.4 is 10.1 Å². The molecule has 0 aromatic heterocycles. The van der Waals surface area contributed by atoms with Crippen LogP contribution in [0, 0.1) is 0 Å². The number of hydrogen-bond acceptors (Lipinski definition) is 2. The van der Waals surface area contributed by atoms with E-state index in [4.69, 9.17) is 4.74 Å². The summed E-state index contributed by atoms with van der Waals surface area (Å²) < 4.78 is 6.91. The minimum atomic E-state index is 0.332. The molecule has 0 saturated carbocycles. The van der Waals surface area contributed by atoms with E-state index in [-0.39, 0.29) is 0 Å². The molecule has 1 saturated heterocycles. The van der Waals surface area contributed by atoms with E-state index in [9.17, 15) is 0 Å². The van der Waals surface area contributed by atoms with E-state index in [1.54, 1.807) is 0 Å². The normalized spacial score (nSPS) is 21.9. The molecule has 1 heterocycles. The van der Waals surface area contributed by atoms with Crippen LogP contribution in [0.2, 0.25) is 0 Å². The Labute approximate surface area is 92.8 Å². The van der Waals surface area contributed by atoms with Crippen molar-refractivity contribution in [3.63, 3.8) is 0 Å². The van der Waals surface area contributed by atoms with Crippen LogP contribution in [0.4, 0.5) is 0 Å². The summed E-state index contributed by atoms with van der Waals surface area (Å²) in [6, 6.07) is 8.01. The number of ether oxygens (including phenoxy) is 1. The number of halogens is 1. The van der Waals surface area contributed by atoms with Gasteiger partial charge in [0.15, 0.2) is 0 Å². The smallest absolute Gasteiger partial charge is 0.120 e. The molecule has 1 aliphatic rings. The van der Waals surface area contributed by atoms with Gasteiger partial charge in [0.1, 0.15) is 11.9 Å². The molecule has 1 aromatic carbocycles. The summed E-state index contributed by atoms with van der Waals surface area (Å²) >= 11 is 3.43. The Balaban J connectivity index is 1.95. The molecule has 2 rings (SSSR count). The third-order valence-corrected chi connectivity index (χ3v) is 2.84. The lowest BCUT2D eigenvalue weighted by molar-refractivity contribution is 0.167. The Hall–Kier alpha value is -0.540. The van der Waals surface area contributed by atoms with Crippen LogP contribution in [0.5, 0.6) is 5.75 Å². The summed E-state index contributed by atoms with van der Waals surface area (Å²) in [5.41, 5.74) is 0. The molecule has 1 aliphatic heterocycles. The third-order valence-electron chi connectivity index (χ3n) is 2.35. The van der Waals surface area contributed by atoms with Crippen LogP contribution in [0.3, 0.4) is 0 Å². The number of rotatable bonds is 2.